The molecule has 0 spiro atoms. The summed E-state index contributed by atoms with van der Waals surface area (Å²) in [6, 6.07) is -0.444. The zero-order valence-electron chi connectivity index (χ0n) is 11.9. The molecule has 1 aliphatic rings. The fourth-order valence-corrected chi connectivity index (χ4v) is 2.06. The standard InChI is InChI=1S/C12H19N5O3/c1-4-9(11-13-8(2)15-20-11)14-10(18)7-17-6-5-16(3)12(17)19/h9H,4-7H2,1-3H3,(H,14,18). The van der Waals surface area contributed by atoms with Gasteiger partial charge in [0.15, 0.2) is 5.82 Å². The Hall–Kier alpha value is -2.12. The molecule has 0 aliphatic carbocycles. The maximum absolute atomic E-state index is 12.0. The van der Waals surface area contributed by atoms with Crippen molar-refractivity contribution in [3.05, 3.63) is 11.7 Å². The third-order valence-electron chi connectivity index (χ3n) is 3.22. The average Bonchev–Trinajstić information content (AvgIpc) is 2.97. The van der Waals surface area contributed by atoms with Crippen molar-refractivity contribution in [3.63, 3.8) is 0 Å². The SMILES string of the molecule is CCC(NC(=O)CN1CCN(C)C1=O)c1nc(C)no1. The third kappa shape index (κ3) is 3.06. The smallest absolute Gasteiger partial charge is 0.320 e. The number of rotatable bonds is 5. The van der Waals surface area contributed by atoms with Gasteiger partial charge in [-0.15, -0.1) is 0 Å². The number of carbonyl (C=O) groups is 2. The molecule has 2 heterocycles. The van der Waals surface area contributed by atoms with Gasteiger partial charge in [-0.05, 0) is 13.3 Å². The molecule has 1 atom stereocenters. The molecule has 1 aromatic rings. The van der Waals surface area contributed by atoms with E-state index in [0.717, 1.165) is 0 Å². The minimum absolute atomic E-state index is 0.0484. The van der Waals surface area contributed by atoms with Crippen molar-refractivity contribution in [2.75, 3.05) is 26.7 Å². The second-order valence-corrected chi connectivity index (χ2v) is 4.83. The highest BCUT2D eigenvalue weighted by Gasteiger charge is 2.28. The fraction of sp³-hybridized carbons (Fsp3) is 0.667. The number of carbonyl (C=O) groups excluding carboxylic acids is 2. The first-order chi connectivity index (χ1) is 9.51. The molecule has 1 fully saturated rings. The molecular weight excluding hydrogens is 262 g/mol. The Morgan fingerprint density at radius 1 is 1.50 bits per heavy atom. The van der Waals surface area contributed by atoms with Gasteiger partial charge in [0.25, 0.3) is 0 Å². The summed E-state index contributed by atoms with van der Waals surface area (Å²) in [5.41, 5.74) is 0. The topological polar surface area (TPSA) is 91.6 Å². The number of likely N-dealkylation sites (N-methyl/N-ethyl adjacent to an activating group) is 1. The number of nitrogens with zero attached hydrogens (tertiary/aromatic N) is 4. The lowest BCUT2D eigenvalue weighted by Gasteiger charge is -2.18. The molecule has 0 radical (unpaired) electrons. The lowest BCUT2D eigenvalue weighted by atomic mass is 10.2. The largest absolute Gasteiger partial charge is 0.343 e. The van der Waals surface area contributed by atoms with Crippen molar-refractivity contribution >= 4 is 11.9 Å². The highest BCUT2D eigenvalue weighted by atomic mass is 16.5. The Balaban J connectivity index is 1.91. The molecule has 2 rings (SSSR count). The summed E-state index contributed by atoms with van der Waals surface area (Å²) in [5, 5.41) is 6.52. The summed E-state index contributed by atoms with van der Waals surface area (Å²) in [5.74, 6) is 0.698. The Morgan fingerprint density at radius 3 is 2.75 bits per heavy atom. The first-order valence-electron chi connectivity index (χ1n) is 6.61. The number of urea groups is 1. The van der Waals surface area contributed by atoms with E-state index in [-0.39, 0.29) is 24.5 Å². The molecular formula is C12H19N5O3. The van der Waals surface area contributed by atoms with E-state index in [9.17, 15) is 9.59 Å². The van der Waals surface area contributed by atoms with Crippen LogP contribution in [0.4, 0.5) is 4.79 Å². The van der Waals surface area contributed by atoms with E-state index in [4.69, 9.17) is 4.52 Å². The van der Waals surface area contributed by atoms with Crippen molar-refractivity contribution in [3.8, 4) is 0 Å². The van der Waals surface area contributed by atoms with Crippen LogP contribution < -0.4 is 5.32 Å². The summed E-state index contributed by atoms with van der Waals surface area (Å²) >= 11 is 0. The quantitative estimate of drug-likeness (QED) is 0.838. The van der Waals surface area contributed by atoms with Gasteiger partial charge in [0.05, 0.1) is 0 Å². The average molecular weight is 281 g/mol. The third-order valence-corrected chi connectivity index (χ3v) is 3.22. The van der Waals surface area contributed by atoms with Crippen molar-refractivity contribution in [1.29, 1.82) is 0 Å². The Bertz CT molecular complexity index is 501. The maximum atomic E-state index is 12.0. The van der Waals surface area contributed by atoms with Crippen molar-refractivity contribution in [2.24, 2.45) is 0 Å². The van der Waals surface area contributed by atoms with E-state index in [1.54, 1.807) is 18.9 Å². The van der Waals surface area contributed by atoms with E-state index in [2.05, 4.69) is 15.5 Å². The Kier molecular flexibility index (Phi) is 4.21. The van der Waals surface area contributed by atoms with E-state index >= 15 is 0 Å². The molecule has 1 unspecified atom stereocenters. The van der Waals surface area contributed by atoms with Gasteiger partial charge in [0.2, 0.25) is 11.8 Å². The van der Waals surface area contributed by atoms with Crippen LogP contribution in [0, 0.1) is 6.92 Å². The first-order valence-corrected chi connectivity index (χ1v) is 6.61. The second-order valence-electron chi connectivity index (χ2n) is 4.83. The van der Waals surface area contributed by atoms with Gasteiger partial charge in [0, 0.05) is 20.1 Å². The number of hydrogen-bond donors (Lipinski definition) is 1. The van der Waals surface area contributed by atoms with Crippen LogP contribution in [0.25, 0.3) is 0 Å². The molecule has 1 aliphatic heterocycles. The molecule has 110 valence electrons. The van der Waals surface area contributed by atoms with Crippen molar-refractivity contribution < 1.29 is 14.1 Å². The normalized spacial score (nSPS) is 16.6. The summed E-state index contributed by atoms with van der Waals surface area (Å²) in [6.07, 6.45) is 0.640. The summed E-state index contributed by atoms with van der Waals surface area (Å²) in [4.78, 5) is 30.9. The predicted molar refractivity (Wildman–Crippen MR) is 69.8 cm³/mol. The molecule has 8 heteroatoms. The van der Waals surface area contributed by atoms with Gasteiger partial charge in [0.1, 0.15) is 12.6 Å². The highest BCUT2D eigenvalue weighted by molar-refractivity contribution is 5.85. The summed E-state index contributed by atoms with van der Waals surface area (Å²) in [6.45, 7) is 4.90. The van der Waals surface area contributed by atoms with E-state index in [1.807, 2.05) is 6.92 Å². The van der Waals surface area contributed by atoms with Crippen LogP contribution >= 0.6 is 0 Å². The molecule has 20 heavy (non-hydrogen) atoms. The number of amides is 3. The molecule has 1 N–H and O–H groups in total. The minimum Gasteiger partial charge on any atom is -0.343 e. The van der Waals surface area contributed by atoms with Crippen molar-refractivity contribution in [2.45, 2.75) is 26.3 Å². The van der Waals surface area contributed by atoms with Gasteiger partial charge in [-0.1, -0.05) is 12.1 Å². The number of nitrogens with one attached hydrogen (secondary N) is 1. The van der Waals surface area contributed by atoms with Crippen LogP contribution in [-0.2, 0) is 4.79 Å². The Labute approximate surface area is 117 Å². The van der Waals surface area contributed by atoms with Gasteiger partial charge < -0.3 is 19.6 Å². The highest BCUT2D eigenvalue weighted by Crippen LogP contribution is 2.14. The maximum Gasteiger partial charge on any atom is 0.320 e. The Morgan fingerprint density at radius 2 is 2.25 bits per heavy atom. The van der Waals surface area contributed by atoms with E-state index < -0.39 is 0 Å². The van der Waals surface area contributed by atoms with Gasteiger partial charge in [-0.3, -0.25) is 4.79 Å². The van der Waals surface area contributed by atoms with Gasteiger partial charge in [-0.25, -0.2) is 4.79 Å². The zero-order valence-corrected chi connectivity index (χ0v) is 11.9. The molecule has 0 saturated carbocycles. The number of aromatic nitrogens is 2. The van der Waals surface area contributed by atoms with Crippen LogP contribution in [0.15, 0.2) is 4.52 Å². The zero-order chi connectivity index (χ0) is 14.7. The van der Waals surface area contributed by atoms with Crippen LogP contribution in [0.3, 0.4) is 0 Å². The van der Waals surface area contributed by atoms with Crippen LogP contribution in [-0.4, -0.2) is 58.6 Å². The van der Waals surface area contributed by atoms with E-state index in [0.29, 0.717) is 31.2 Å². The van der Waals surface area contributed by atoms with Crippen LogP contribution in [0.5, 0.6) is 0 Å². The number of aryl methyl sites for hydroxylation is 1. The molecule has 1 aromatic heterocycles. The summed E-state index contributed by atoms with van der Waals surface area (Å²) < 4.78 is 5.06. The van der Waals surface area contributed by atoms with Gasteiger partial charge >= 0.3 is 6.03 Å². The molecule has 1 saturated heterocycles. The monoisotopic (exact) mass is 281 g/mol. The molecule has 8 nitrogen and oxygen atoms in total. The second kappa shape index (κ2) is 5.89. The lowest BCUT2D eigenvalue weighted by Crippen LogP contribution is -2.40. The van der Waals surface area contributed by atoms with E-state index in [1.165, 1.54) is 4.90 Å². The fourth-order valence-electron chi connectivity index (χ4n) is 2.06. The summed E-state index contributed by atoms with van der Waals surface area (Å²) in [7, 11) is 1.72. The predicted octanol–water partition coefficient (Wildman–Crippen LogP) is 0.313. The molecule has 3 amide bonds. The van der Waals surface area contributed by atoms with Crippen LogP contribution in [0.1, 0.15) is 31.1 Å². The lowest BCUT2D eigenvalue weighted by molar-refractivity contribution is -0.122. The van der Waals surface area contributed by atoms with Crippen molar-refractivity contribution in [1.82, 2.24) is 25.3 Å². The van der Waals surface area contributed by atoms with Gasteiger partial charge in [-0.2, -0.15) is 4.98 Å². The molecule has 0 aromatic carbocycles. The number of hydrogen-bond acceptors (Lipinski definition) is 5. The van der Waals surface area contributed by atoms with Crippen LogP contribution in [0.2, 0.25) is 0 Å². The molecule has 0 bridgehead atoms. The first kappa shape index (κ1) is 14.3. The minimum atomic E-state index is -0.320.